The van der Waals surface area contributed by atoms with Crippen LogP contribution in [0.25, 0.3) is 111 Å². The Kier molecular flexibility index (Phi) is 8.20. The molecule has 3 heteroatoms. The van der Waals surface area contributed by atoms with Gasteiger partial charge in [0, 0.05) is 32.9 Å². The van der Waals surface area contributed by atoms with Crippen LogP contribution < -0.4 is 0 Å². The van der Waals surface area contributed by atoms with Crippen LogP contribution in [0.4, 0.5) is 0 Å². The Labute approximate surface area is 360 Å². The van der Waals surface area contributed by atoms with Crippen LogP contribution in [0.2, 0.25) is 0 Å². The SMILES string of the molecule is CC1(C)c2ccccc2-c2ccc(-c3cccc(-c4cc(-c5cc(-c6ccc7ccccc7c6)cc(-c6ccc7oc8ccccc8c7c6)c5)nc(-c5ccccc5)n4)c3)cc21. The molecule has 0 amide bonds. The quantitative estimate of drug-likeness (QED) is 0.168. The Bertz CT molecular complexity index is 3560. The van der Waals surface area contributed by atoms with Gasteiger partial charge in [-0.1, -0.05) is 159 Å². The lowest BCUT2D eigenvalue weighted by Gasteiger charge is -2.22. The maximum atomic E-state index is 6.24. The molecule has 292 valence electrons. The van der Waals surface area contributed by atoms with Crippen molar-refractivity contribution in [1.29, 1.82) is 0 Å². The monoisotopic (exact) mass is 792 g/mol. The van der Waals surface area contributed by atoms with Gasteiger partial charge in [0.25, 0.3) is 0 Å². The summed E-state index contributed by atoms with van der Waals surface area (Å²) in [5.74, 6) is 0.685. The third kappa shape index (κ3) is 6.04. The summed E-state index contributed by atoms with van der Waals surface area (Å²) in [5, 5.41) is 4.63. The molecule has 9 aromatic carbocycles. The second kappa shape index (κ2) is 14.1. The Morgan fingerprint density at radius 2 is 0.919 bits per heavy atom. The molecule has 0 aliphatic heterocycles. The predicted molar refractivity (Wildman–Crippen MR) is 257 cm³/mol. The maximum Gasteiger partial charge on any atom is 0.160 e. The summed E-state index contributed by atoms with van der Waals surface area (Å²) in [7, 11) is 0. The molecule has 11 aromatic rings. The van der Waals surface area contributed by atoms with Gasteiger partial charge in [-0.2, -0.15) is 0 Å². The third-order valence-electron chi connectivity index (χ3n) is 12.9. The van der Waals surface area contributed by atoms with E-state index in [2.05, 4.69) is 190 Å². The van der Waals surface area contributed by atoms with Crippen LogP contribution in [0.5, 0.6) is 0 Å². The molecule has 0 bridgehead atoms. The van der Waals surface area contributed by atoms with E-state index in [1.807, 2.05) is 30.3 Å². The first-order chi connectivity index (χ1) is 30.4. The highest BCUT2D eigenvalue weighted by Crippen LogP contribution is 2.49. The molecule has 0 unspecified atom stereocenters. The lowest BCUT2D eigenvalue weighted by molar-refractivity contribution is 0.660. The van der Waals surface area contributed by atoms with Crippen molar-refractivity contribution < 1.29 is 4.42 Å². The van der Waals surface area contributed by atoms with Crippen molar-refractivity contribution in [2.24, 2.45) is 0 Å². The first-order valence-electron chi connectivity index (χ1n) is 21.3. The van der Waals surface area contributed by atoms with Gasteiger partial charge in [-0.3, -0.25) is 0 Å². The van der Waals surface area contributed by atoms with Crippen molar-refractivity contribution in [2.45, 2.75) is 19.3 Å². The minimum Gasteiger partial charge on any atom is -0.456 e. The van der Waals surface area contributed by atoms with E-state index in [1.54, 1.807) is 0 Å². The Morgan fingerprint density at radius 1 is 0.339 bits per heavy atom. The Hall–Kier alpha value is -7.88. The zero-order chi connectivity index (χ0) is 41.4. The van der Waals surface area contributed by atoms with Crippen LogP contribution in [0.15, 0.2) is 211 Å². The number of fused-ring (bicyclic) bond motifs is 7. The largest absolute Gasteiger partial charge is 0.456 e. The van der Waals surface area contributed by atoms with Gasteiger partial charge in [-0.05, 0) is 127 Å². The van der Waals surface area contributed by atoms with Crippen LogP contribution in [0.3, 0.4) is 0 Å². The number of nitrogens with zero attached hydrogens (tertiary/aromatic N) is 2. The summed E-state index contributed by atoms with van der Waals surface area (Å²) in [5.41, 5.74) is 18.6. The standard InChI is InChI=1S/C59H40N2O/c1-59(2)52-21-10-8-19-48(52)49-27-25-43(35-53(49)59)40-17-12-18-44(30-40)54-36-55(61-58(60-54)38-14-4-3-5-15-38)47-32-45(41-24-23-37-13-6-7-16-39(37)29-41)31-46(33-47)42-26-28-57-51(34-42)50-20-9-11-22-56(50)62-57/h3-36H,1-2H3. The predicted octanol–water partition coefficient (Wildman–Crippen LogP) is 15.8. The van der Waals surface area contributed by atoms with Crippen molar-refractivity contribution in [3.8, 4) is 78.4 Å². The molecule has 1 aliphatic carbocycles. The minimum atomic E-state index is -0.0794. The van der Waals surface area contributed by atoms with Gasteiger partial charge in [0.1, 0.15) is 11.2 Å². The van der Waals surface area contributed by atoms with Crippen molar-refractivity contribution in [3.63, 3.8) is 0 Å². The van der Waals surface area contributed by atoms with Gasteiger partial charge < -0.3 is 4.42 Å². The van der Waals surface area contributed by atoms with Crippen molar-refractivity contribution in [2.75, 3.05) is 0 Å². The van der Waals surface area contributed by atoms with Gasteiger partial charge in [0.2, 0.25) is 0 Å². The van der Waals surface area contributed by atoms with Gasteiger partial charge >= 0.3 is 0 Å². The third-order valence-corrected chi connectivity index (χ3v) is 12.9. The smallest absolute Gasteiger partial charge is 0.160 e. The van der Waals surface area contributed by atoms with Gasteiger partial charge in [0.15, 0.2) is 5.82 Å². The summed E-state index contributed by atoms with van der Waals surface area (Å²) in [6.45, 7) is 4.67. The van der Waals surface area contributed by atoms with Crippen LogP contribution in [0.1, 0.15) is 25.0 Å². The normalized spacial score (nSPS) is 12.8. The summed E-state index contributed by atoms with van der Waals surface area (Å²) in [4.78, 5) is 10.6. The van der Waals surface area contributed by atoms with Crippen LogP contribution in [0, 0.1) is 0 Å². The summed E-state index contributed by atoms with van der Waals surface area (Å²) < 4.78 is 6.24. The van der Waals surface area contributed by atoms with E-state index < -0.39 is 0 Å². The topological polar surface area (TPSA) is 38.9 Å². The summed E-state index contributed by atoms with van der Waals surface area (Å²) in [6, 6.07) is 73.9. The number of para-hydroxylation sites is 1. The van der Waals surface area contributed by atoms with E-state index >= 15 is 0 Å². The molecule has 2 aromatic heterocycles. The highest BCUT2D eigenvalue weighted by Gasteiger charge is 2.35. The van der Waals surface area contributed by atoms with E-state index in [-0.39, 0.29) is 5.41 Å². The molecule has 0 atom stereocenters. The van der Waals surface area contributed by atoms with E-state index in [4.69, 9.17) is 14.4 Å². The summed E-state index contributed by atoms with van der Waals surface area (Å²) >= 11 is 0. The molecule has 12 rings (SSSR count). The van der Waals surface area contributed by atoms with E-state index in [1.165, 1.54) is 38.6 Å². The molecule has 0 N–H and O–H groups in total. The Morgan fingerprint density at radius 3 is 1.79 bits per heavy atom. The first kappa shape index (κ1) is 36.0. The Balaban J connectivity index is 1.02. The van der Waals surface area contributed by atoms with E-state index in [9.17, 15) is 0 Å². The molecule has 3 nitrogen and oxygen atoms in total. The maximum absolute atomic E-state index is 6.24. The number of hydrogen-bond donors (Lipinski definition) is 0. The lowest BCUT2D eigenvalue weighted by Crippen LogP contribution is -2.14. The second-order valence-corrected chi connectivity index (χ2v) is 17.0. The van der Waals surface area contributed by atoms with Gasteiger partial charge in [-0.15, -0.1) is 0 Å². The molecular formula is C59H40N2O. The molecule has 62 heavy (non-hydrogen) atoms. The average Bonchev–Trinajstić information content (AvgIpc) is 3.82. The molecule has 0 fully saturated rings. The van der Waals surface area contributed by atoms with Gasteiger partial charge in [0.05, 0.1) is 11.4 Å². The van der Waals surface area contributed by atoms with Crippen molar-refractivity contribution in [3.05, 3.63) is 217 Å². The molecular weight excluding hydrogens is 753 g/mol. The second-order valence-electron chi connectivity index (χ2n) is 17.0. The number of hydrogen-bond acceptors (Lipinski definition) is 3. The number of aromatic nitrogens is 2. The molecule has 0 saturated carbocycles. The molecule has 0 saturated heterocycles. The summed E-state index contributed by atoms with van der Waals surface area (Å²) in [6.07, 6.45) is 0. The highest BCUT2D eigenvalue weighted by molar-refractivity contribution is 6.06. The fraction of sp³-hybridized carbons (Fsp3) is 0.0508. The number of rotatable bonds is 6. The zero-order valence-corrected chi connectivity index (χ0v) is 34.4. The highest BCUT2D eigenvalue weighted by atomic mass is 16.3. The van der Waals surface area contributed by atoms with E-state index in [0.717, 1.165) is 77.8 Å². The fourth-order valence-corrected chi connectivity index (χ4v) is 9.58. The molecule has 2 heterocycles. The fourth-order valence-electron chi connectivity index (χ4n) is 9.58. The van der Waals surface area contributed by atoms with Crippen molar-refractivity contribution in [1.82, 2.24) is 9.97 Å². The van der Waals surface area contributed by atoms with E-state index in [0.29, 0.717) is 5.82 Å². The zero-order valence-electron chi connectivity index (χ0n) is 34.4. The molecule has 0 spiro atoms. The van der Waals surface area contributed by atoms with Gasteiger partial charge in [-0.25, -0.2) is 9.97 Å². The van der Waals surface area contributed by atoms with Crippen molar-refractivity contribution >= 4 is 32.7 Å². The molecule has 0 radical (unpaired) electrons. The lowest BCUT2D eigenvalue weighted by atomic mass is 9.81. The van der Waals surface area contributed by atoms with Crippen LogP contribution >= 0.6 is 0 Å². The molecule has 1 aliphatic rings. The number of furan rings is 1. The minimum absolute atomic E-state index is 0.0794. The first-order valence-corrected chi connectivity index (χ1v) is 21.3. The van der Waals surface area contributed by atoms with Crippen LogP contribution in [-0.4, -0.2) is 9.97 Å². The number of benzene rings is 9. The average molecular weight is 793 g/mol. The van der Waals surface area contributed by atoms with Crippen LogP contribution in [-0.2, 0) is 5.41 Å².